The van der Waals surface area contributed by atoms with Gasteiger partial charge in [0.2, 0.25) is 0 Å². The number of thiazole rings is 1. The summed E-state index contributed by atoms with van der Waals surface area (Å²) in [7, 11) is 0. The number of amides is 2. The minimum atomic E-state index is -0.910. The number of aryl methyl sites for hydroxylation is 1. The second-order valence-electron chi connectivity index (χ2n) is 4.75. The summed E-state index contributed by atoms with van der Waals surface area (Å²) in [4.78, 5) is 26.9. The lowest BCUT2D eigenvalue weighted by Gasteiger charge is -2.18. The van der Waals surface area contributed by atoms with Crippen molar-refractivity contribution >= 4 is 23.3 Å². The molecule has 0 aliphatic rings. The second kappa shape index (κ2) is 7.84. The Bertz CT molecular complexity index is 461. The molecule has 0 saturated heterocycles. The van der Waals surface area contributed by atoms with E-state index in [0.29, 0.717) is 6.42 Å². The average Bonchev–Trinajstić information content (AvgIpc) is 2.75. The van der Waals surface area contributed by atoms with Crippen molar-refractivity contribution in [3.8, 4) is 0 Å². The normalized spacial score (nSPS) is 13.6. The standard InChI is InChI=1S/C13H21N3O3S/c1-4-5-10(6-11(17)18)16-13(19)15-9(3)12-14-8(2)7-20-12/h7,9-10H,4-6H2,1-3H3,(H,17,18)(H2,15,16,19). The lowest BCUT2D eigenvalue weighted by Crippen LogP contribution is -2.43. The topological polar surface area (TPSA) is 91.3 Å². The van der Waals surface area contributed by atoms with Gasteiger partial charge < -0.3 is 15.7 Å². The Balaban J connectivity index is 2.50. The van der Waals surface area contributed by atoms with E-state index in [1.165, 1.54) is 11.3 Å². The van der Waals surface area contributed by atoms with Crippen molar-refractivity contribution in [1.82, 2.24) is 15.6 Å². The van der Waals surface area contributed by atoms with Gasteiger partial charge in [0, 0.05) is 17.1 Å². The van der Waals surface area contributed by atoms with Crippen LogP contribution in [0.1, 0.15) is 49.9 Å². The van der Waals surface area contributed by atoms with E-state index in [1.54, 1.807) is 0 Å². The number of urea groups is 1. The van der Waals surface area contributed by atoms with Gasteiger partial charge in [-0.1, -0.05) is 13.3 Å². The molecule has 2 unspecified atom stereocenters. The molecule has 0 aromatic carbocycles. The third kappa shape index (κ3) is 5.56. The molecule has 0 spiro atoms. The summed E-state index contributed by atoms with van der Waals surface area (Å²) < 4.78 is 0. The Kier molecular flexibility index (Phi) is 6.44. The highest BCUT2D eigenvalue weighted by atomic mass is 32.1. The summed E-state index contributed by atoms with van der Waals surface area (Å²) in [6, 6.07) is -0.895. The van der Waals surface area contributed by atoms with Crippen LogP contribution < -0.4 is 10.6 Å². The highest BCUT2D eigenvalue weighted by molar-refractivity contribution is 7.09. The number of hydrogen-bond acceptors (Lipinski definition) is 4. The Morgan fingerprint density at radius 3 is 2.65 bits per heavy atom. The predicted molar refractivity (Wildman–Crippen MR) is 77.9 cm³/mol. The summed E-state index contributed by atoms with van der Waals surface area (Å²) in [6.45, 7) is 5.70. The number of hydrogen-bond donors (Lipinski definition) is 3. The molecule has 2 atom stereocenters. The summed E-state index contributed by atoms with van der Waals surface area (Å²) in [6.07, 6.45) is 1.40. The molecule has 7 heteroatoms. The van der Waals surface area contributed by atoms with Crippen LogP contribution in [0.15, 0.2) is 5.38 Å². The fourth-order valence-electron chi connectivity index (χ4n) is 1.84. The van der Waals surface area contributed by atoms with Crippen LogP contribution in [-0.4, -0.2) is 28.1 Å². The molecular weight excluding hydrogens is 278 g/mol. The van der Waals surface area contributed by atoms with E-state index in [-0.39, 0.29) is 24.5 Å². The van der Waals surface area contributed by atoms with E-state index in [0.717, 1.165) is 17.1 Å². The molecule has 1 aromatic rings. The summed E-state index contributed by atoms with van der Waals surface area (Å²) >= 11 is 1.49. The van der Waals surface area contributed by atoms with E-state index in [9.17, 15) is 9.59 Å². The third-order valence-corrected chi connectivity index (χ3v) is 3.89. The van der Waals surface area contributed by atoms with Gasteiger partial charge in [0.15, 0.2) is 0 Å². The molecule has 0 fully saturated rings. The maximum absolute atomic E-state index is 11.9. The van der Waals surface area contributed by atoms with Crippen molar-refractivity contribution in [2.24, 2.45) is 0 Å². The second-order valence-corrected chi connectivity index (χ2v) is 5.64. The van der Waals surface area contributed by atoms with Crippen LogP contribution in [0, 0.1) is 6.92 Å². The van der Waals surface area contributed by atoms with Crippen LogP contribution in [0.2, 0.25) is 0 Å². The first kappa shape index (κ1) is 16.4. The zero-order valence-electron chi connectivity index (χ0n) is 12.0. The van der Waals surface area contributed by atoms with Gasteiger partial charge in [0.25, 0.3) is 0 Å². The number of carbonyl (C=O) groups is 2. The summed E-state index contributed by atoms with van der Waals surface area (Å²) in [5, 5.41) is 17.0. The zero-order valence-corrected chi connectivity index (χ0v) is 12.8. The number of nitrogens with zero attached hydrogens (tertiary/aromatic N) is 1. The van der Waals surface area contributed by atoms with Gasteiger partial charge in [-0.25, -0.2) is 9.78 Å². The summed E-state index contributed by atoms with van der Waals surface area (Å²) in [5.41, 5.74) is 0.925. The third-order valence-electron chi connectivity index (χ3n) is 2.75. The molecule has 6 nitrogen and oxygen atoms in total. The van der Waals surface area contributed by atoms with E-state index in [4.69, 9.17) is 5.11 Å². The van der Waals surface area contributed by atoms with Gasteiger partial charge in [-0.05, 0) is 20.3 Å². The number of nitrogens with one attached hydrogen (secondary N) is 2. The molecule has 2 amide bonds. The lowest BCUT2D eigenvalue weighted by atomic mass is 10.1. The predicted octanol–water partition coefficient (Wildman–Crippen LogP) is 2.46. The largest absolute Gasteiger partial charge is 0.481 e. The van der Waals surface area contributed by atoms with Crippen molar-refractivity contribution in [1.29, 1.82) is 0 Å². The first-order valence-electron chi connectivity index (χ1n) is 6.63. The molecule has 1 rings (SSSR count). The molecule has 3 N–H and O–H groups in total. The van der Waals surface area contributed by atoms with Crippen molar-refractivity contribution < 1.29 is 14.7 Å². The minimum absolute atomic E-state index is 0.0635. The van der Waals surface area contributed by atoms with Gasteiger partial charge >= 0.3 is 12.0 Å². The summed E-state index contributed by atoms with van der Waals surface area (Å²) in [5.74, 6) is -0.910. The smallest absolute Gasteiger partial charge is 0.315 e. The van der Waals surface area contributed by atoms with Crippen LogP contribution in [-0.2, 0) is 4.79 Å². The molecule has 20 heavy (non-hydrogen) atoms. The van der Waals surface area contributed by atoms with Crippen LogP contribution in [0.5, 0.6) is 0 Å². The SMILES string of the molecule is CCCC(CC(=O)O)NC(=O)NC(C)c1nc(C)cs1. The van der Waals surface area contributed by atoms with Crippen molar-refractivity contribution in [3.05, 3.63) is 16.1 Å². The molecular formula is C13H21N3O3S. The van der Waals surface area contributed by atoms with Crippen molar-refractivity contribution in [2.45, 2.75) is 52.1 Å². The first-order valence-corrected chi connectivity index (χ1v) is 7.51. The number of aliphatic carboxylic acids is 1. The maximum atomic E-state index is 11.9. The molecule has 112 valence electrons. The minimum Gasteiger partial charge on any atom is -0.481 e. The quantitative estimate of drug-likeness (QED) is 0.721. The fraction of sp³-hybridized carbons (Fsp3) is 0.615. The molecule has 1 heterocycles. The van der Waals surface area contributed by atoms with E-state index >= 15 is 0 Å². The highest BCUT2D eigenvalue weighted by Crippen LogP contribution is 2.17. The van der Waals surface area contributed by atoms with Crippen molar-refractivity contribution in [3.63, 3.8) is 0 Å². The molecule has 0 saturated carbocycles. The van der Waals surface area contributed by atoms with Crippen LogP contribution in [0.25, 0.3) is 0 Å². The van der Waals surface area contributed by atoms with Gasteiger partial charge in [-0.15, -0.1) is 11.3 Å². The molecule has 0 aliphatic heterocycles. The van der Waals surface area contributed by atoms with E-state index in [2.05, 4.69) is 15.6 Å². The van der Waals surface area contributed by atoms with Crippen molar-refractivity contribution in [2.75, 3.05) is 0 Å². The highest BCUT2D eigenvalue weighted by Gasteiger charge is 2.17. The maximum Gasteiger partial charge on any atom is 0.315 e. The molecule has 0 aliphatic carbocycles. The number of aromatic nitrogens is 1. The van der Waals surface area contributed by atoms with Gasteiger partial charge in [-0.2, -0.15) is 0 Å². The van der Waals surface area contributed by atoms with Gasteiger partial charge in [0.05, 0.1) is 12.5 Å². The molecule has 0 radical (unpaired) electrons. The zero-order chi connectivity index (χ0) is 15.1. The fourth-order valence-corrected chi connectivity index (χ4v) is 2.64. The van der Waals surface area contributed by atoms with Gasteiger partial charge in [-0.3, -0.25) is 4.79 Å². The first-order chi connectivity index (χ1) is 9.42. The Hall–Kier alpha value is -1.63. The van der Waals surface area contributed by atoms with Crippen LogP contribution >= 0.6 is 11.3 Å². The number of carboxylic acid groups (broad SMARTS) is 1. The van der Waals surface area contributed by atoms with E-state index in [1.807, 2.05) is 26.2 Å². The lowest BCUT2D eigenvalue weighted by molar-refractivity contribution is -0.137. The molecule has 0 bridgehead atoms. The van der Waals surface area contributed by atoms with E-state index < -0.39 is 5.97 Å². The Morgan fingerprint density at radius 1 is 1.45 bits per heavy atom. The Labute approximate surface area is 122 Å². The van der Waals surface area contributed by atoms with Gasteiger partial charge in [0.1, 0.15) is 5.01 Å². The number of carboxylic acids is 1. The monoisotopic (exact) mass is 299 g/mol. The Morgan fingerprint density at radius 2 is 2.15 bits per heavy atom. The molecule has 1 aromatic heterocycles. The van der Waals surface area contributed by atoms with Crippen LogP contribution in [0.3, 0.4) is 0 Å². The number of carbonyl (C=O) groups excluding carboxylic acids is 1. The number of rotatable bonds is 7. The average molecular weight is 299 g/mol. The van der Waals surface area contributed by atoms with Crippen LogP contribution in [0.4, 0.5) is 4.79 Å².